The smallest absolute Gasteiger partial charge is 0.327 e. The Labute approximate surface area is 118 Å². The Morgan fingerprint density at radius 2 is 1.71 bits per heavy atom. The Bertz CT molecular complexity index is 660. The quantitative estimate of drug-likeness (QED) is 0.676. The summed E-state index contributed by atoms with van der Waals surface area (Å²) >= 11 is 0. The fourth-order valence-corrected chi connectivity index (χ4v) is 1.88. The molecule has 110 valence electrons. The maximum absolute atomic E-state index is 13.4. The van der Waals surface area contributed by atoms with Crippen LogP contribution in [0.15, 0.2) is 36.4 Å². The number of hydrogen-bond donors (Lipinski definition) is 1. The molecular weight excluding hydrogens is 285 g/mol. The number of hydrogen-bond acceptors (Lipinski definition) is 3. The number of anilines is 1. The van der Waals surface area contributed by atoms with Crippen molar-refractivity contribution < 1.29 is 18.1 Å². The number of nitro benzene ring substituents is 1. The van der Waals surface area contributed by atoms with Crippen LogP contribution in [0.2, 0.25) is 0 Å². The molecule has 0 atom stereocenters. The van der Waals surface area contributed by atoms with Crippen LogP contribution in [0.4, 0.5) is 24.5 Å². The second-order valence-corrected chi connectivity index (χ2v) is 4.34. The van der Waals surface area contributed by atoms with Gasteiger partial charge in [-0.2, -0.15) is 4.39 Å². The molecule has 0 saturated carbocycles. The highest BCUT2D eigenvalue weighted by Gasteiger charge is 2.21. The first kappa shape index (κ1) is 14.8. The molecule has 2 rings (SSSR count). The molecule has 1 N–H and O–H groups in total. The van der Waals surface area contributed by atoms with E-state index in [0.29, 0.717) is 12.5 Å². The molecule has 0 bridgehead atoms. The van der Waals surface area contributed by atoms with Crippen molar-refractivity contribution in [1.82, 2.24) is 0 Å². The van der Waals surface area contributed by atoms with E-state index in [-0.39, 0.29) is 18.0 Å². The third kappa shape index (κ3) is 3.71. The van der Waals surface area contributed by atoms with Crippen LogP contribution in [-0.2, 0) is 6.42 Å². The largest absolute Gasteiger partial charge is 0.379 e. The number of halogens is 3. The lowest BCUT2D eigenvalue weighted by Gasteiger charge is -2.08. The highest BCUT2D eigenvalue weighted by molar-refractivity contribution is 5.62. The lowest BCUT2D eigenvalue weighted by Crippen LogP contribution is -2.08. The van der Waals surface area contributed by atoms with Crippen LogP contribution in [-0.4, -0.2) is 11.5 Å². The summed E-state index contributed by atoms with van der Waals surface area (Å²) < 4.78 is 39.2. The Morgan fingerprint density at radius 3 is 2.33 bits per heavy atom. The summed E-state index contributed by atoms with van der Waals surface area (Å²) in [7, 11) is 0. The van der Waals surface area contributed by atoms with E-state index in [1.807, 2.05) is 0 Å². The first-order valence-electron chi connectivity index (χ1n) is 6.09. The van der Waals surface area contributed by atoms with Gasteiger partial charge in [-0.3, -0.25) is 10.1 Å². The summed E-state index contributed by atoms with van der Waals surface area (Å²) in [6.45, 7) is 0.218. The molecule has 2 aromatic rings. The molecule has 0 unspecified atom stereocenters. The molecule has 0 saturated heterocycles. The molecule has 0 aliphatic carbocycles. The van der Waals surface area contributed by atoms with Crippen molar-refractivity contribution in [3.8, 4) is 0 Å². The lowest BCUT2D eigenvalue weighted by atomic mass is 10.1. The summed E-state index contributed by atoms with van der Waals surface area (Å²) in [6.07, 6.45) is 0.426. The van der Waals surface area contributed by atoms with Crippen LogP contribution in [0, 0.1) is 27.6 Å². The standard InChI is InChI=1S/C14H11F3N2O2/c15-10-3-1-9(2-4-10)5-6-18-13-8-11(16)7-12(17)14(13)19(20)21/h1-4,7-8,18H,5-6H2. The summed E-state index contributed by atoms with van der Waals surface area (Å²) in [5.74, 6) is -2.50. The molecule has 2 aromatic carbocycles. The summed E-state index contributed by atoms with van der Waals surface area (Å²) in [4.78, 5) is 9.88. The van der Waals surface area contributed by atoms with Gasteiger partial charge >= 0.3 is 5.69 Å². The van der Waals surface area contributed by atoms with Crippen LogP contribution < -0.4 is 5.32 Å². The monoisotopic (exact) mass is 296 g/mol. The van der Waals surface area contributed by atoms with Gasteiger partial charge in [-0.15, -0.1) is 0 Å². The van der Waals surface area contributed by atoms with Gasteiger partial charge < -0.3 is 5.32 Å². The van der Waals surface area contributed by atoms with Gasteiger partial charge in [0.1, 0.15) is 17.3 Å². The molecule has 0 radical (unpaired) electrons. The second-order valence-electron chi connectivity index (χ2n) is 4.34. The molecule has 4 nitrogen and oxygen atoms in total. The molecule has 0 heterocycles. The van der Waals surface area contributed by atoms with E-state index in [1.54, 1.807) is 12.1 Å². The minimum atomic E-state index is -1.23. The topological polar surface area (TPSA) is 55.2 Å². The van der Waals surface area contributed by atoms with Crippen molar-refractivity contribution in [1.29, 1.82) is 0 Å². The minimum Gasteiger partial charge on any atom is -0.379 e. The lowest BCUT2D eigenvalue weighted by molar-refractivity contribution is -0.386. The summed E-state index contributed by atoms with van der Waals surface area (Å²) in [5, 5.41) is 13.4. The van der Waals surface area contributed by atoms with Crippen LogP contribution in [0.1, 0.15) is 5.56 Å². The zero-order chi connectivity index (χ0) is 15.4. The van der Waals surface area contributed by atoms with Gasteiger partial charge in [-0.05, 0) is 24.1 Å². The zero-order valence-corrected chi connectivity index (χ0v) is 10.8. The van der Waals surface area contributed by atoms with Crippen LogP contribution in [0.25, 0.3) is 0 Å². The first-order valence-corrected chi connectivity index (χ1v) is 6.09. The Kier molecular flexibility index (Phi) is 4.42. The Morgan fingerprint density at radius 1 is 1.05 bits per heavy atom. The average Bonchev–Trinajstić information content (AvgIpc) is 2.39. The summed E-state index contributed by atoms with van der Waals surface area (Å²) in [5.41, 5.74) is -0.224. The van der Waals surface area contributed by atoms with E-state index in [0.717, 1.165) is 11.6 Å². The Hall–Kier alpha value is -2.57. The molecule has 0 aromatic heterocycles. The molecule has 21 heavy (non-hydrogen) atoms. The average molecular weight is 296 g/mol. The van der Waals surface area contributed by atoms with E-state index in [9.17, 15) is 23.3 Å². The van der Waals surface area contributed by atoms with Gasteiger partial charge in [0.15, 0.2) is 0 Å². The van der Waals surface area contributed by atoms with Crippen molar-refractivity contribution in [3.63, 3.8) is 0 Å². The second kappa shape index (κ2) is 6.25. The van der Waals surface area contributed by atoms with Crippen molar-refractivity contribution in [3.05, 3.63) is 69.5 Å². The normalized spacial score (nSPS) is 10.4. The summed E-state index contributed by atoms with van der Waals surface area (Å²) in [6, 6.07) is 7.05. The molecule has 0 amide bonds. The minimum absolute atomic E-state index is 0.218. The van der Waals surface area contributed by atoms with Gasteiger partial charge in [0.05, 0.1) is 4.92 Å². The maximum atomic E-state index is 13.4. The van der Waals surface area contributed by atoms with Crippen LogP contribution >= 0.6 is 0 Å². The highest BCUT2D eigenvalue weighted by atomic mass is 19.1. The first-order chi connectivity index (χ1) is 9.97. The predicted molar refractivity (Wildman–Crippen MR) is 71.6 cm³/mol. The fourth-order valence-electron chi connectivity index (χ4n) is 1.88. The number of rotatable bonds is 5. The number of nitrogens with zero attached hydrogens (tertiary/aromatic N) is 1. The van der Waals surface area contributed by atoms with Gasteiger partial charge in [-0.1, -0.05) is 12.1 Å². The molecule has 0 aliphatic rings. The number of nitrogens with one attached hydrogen (secondary N) is 1. The number of nitro groups is 1. The third-order valence-corrected chi connectivity index (χ3v) is 2.85. The SMILES string of the molecule is O=[N+]([O-])c1c(F)cc(F)cc1NCCc1ccc(F)cc1. The molecular formula is C14H11F3N2O2. The molecule has 0 fully saturated rings. The van der Waals surface area contributed by atoms with Crippen LogP contribution in [0.5, 0.6) is 0 Å². The molecule has 0 spiro atoms. The number of benzene rings is 2. The van der Waals surface area contributed by atoms with Crippen molar-refractivity contribution in [2.24, 2.45) is 0 Å². The predicted octanol–water partition coefficient (Wildman–Crippen LogP) is 3.67. The van der Waals surface area contributed by atoms with Gasteiger partial charge in [0.2, 0.25) is 5.82 Å². The zero-order valence-electron chi connectivity index (χ0n) is 10.8. The van der Waals surface area contributed by atoms with E-state index in [2.05, 4.69) is 5.32 Å². The maximum Gasteiger partial charge on any atom is 0.327 e. The third-order valence-electron chi connectivity index (χ3n) is 2.85. The molecule has 7 heteroatoms. The Balaban J connectivity index is 2.09. The van der Waals surface area contributed by atoms with E-state index >= 15 is 0 Å². The van der Waals surface area contributed by atoms with Crippen molar-refractivity contribution in [2.45, 2.75) is 6.42 Å². The van der Waals surface area contributed by atoms with Crippen molar-refractivity contribution >= 4 is 11.4 Å². The van der Waals surface area contributed by atoms with Gasteiger partial charge in [0.25, 0.3) is 0 Å². The fraction of sp³-hybridized carbons (Fsp3) is 0.143. The van der Waals surface area contributed by atoms with E-state index in [4.69, 9.17) is 0 Å². The molecule has 0 aliphatic heterocycles. The highest BCUT2D eigenvalue weighted by Crippen LogP contribution is 2.28. The van der Waals surface area contributed by atoms with Crippen LogP contribution in [0.3, 0.4) is 0 Å². The van der Waals surface area contributed by atoms with E-state index in [1.165, 1.54) is 12.1 Å². The van der Waals surface area contributed by atoms with Gasteiger partial charge in [-0.25, -0.2) is 8.78 Å². The van der Waals surface area contributed by atoms with Gasteiger partial charge in [0, 0.05) is 18.7 Å². The van der Waals surface area contributed by atoms with Crippen molar-refractivity contribution in [2.75, 3.05) is 11.9 Å². The van der Waals surface area contributed by atoms with E-state index < -0.39 is 22.2 Å².